The van der Waals surface area contributed by atoms with Gasteiger partial charge in [-0.25, -0.2) is 14.8 Å². The summed E-state index contributed by atoms with van der Waals surface area (Å²) in [6.07, 6.45) is 3.56. The van der Waals surface area contributed by atoms with E-state index in [-0.39, 0.29) is 11.6 Å². The van der Waals surface area contributed by atoms with Crippen LogP contribution in [0.5, 0.6) is 0 Å². The van der Waals surface area contributed by atoms with Crippen LogP contribution in [-0.2, 0) is 11.3 Å². The number of hydrogen-bond acceptors (Lipinski definition) is 5. The van der Waals surface area contributed by atoms with Crippen molar-refractivity contribution in [1.82, 2.24) is 15.3 Å². The van der Waals surface area contributed by atoms with E-state index in [0.717, 1.165) is 6.42 Å². The number of methoxy groups -OCH3 is 1. The first-order chi connectivity index (χ1) is 8.19. The fraction of sp³-hybridized carbons (Fsp3) is 0.545. The summed E-state index contributed by atoms with van der Waals surface area (Å²) in [6, 6.07) is 0.191. The molecule has 94 valence electrons. The highest BCUT2D eigenvalue weighted by Crippen LogP contribution is 2.04. The summed E-state index contributed by atoms with van der Waals surface area (Å²) < 4.78 is 5.05. The maximum atomic E-state index is 10.9. The smallest absolute Gasteiger partial charge is 0.339 e. The van der Waals surface area contributed by atoms with Gasteiger partial charge in [0.25, 0.3) is 0 Å². The van der Waals surface area contributed by atoms with E-state index in [9.17, 15) is 4.79 Å². The molecular weight excluding hydrogens is 222 g/mol. The minimum atomic E-state index is -1.01. The Hall–Kier alpha value is -1.53. The lowest BCUT2D eigenvalue weighted by molar-refractivity contribution is 0.0694. The summed E-state index contributed by atoms with van der Waals surface area (Å²) in [5, 5.41) is 12.2. The lowest BCUT2D eigenvalue weighted by Gasteiger charge is -2.15. The van der Waals surface area contributed by atoms with Crippen molar-refractivity contribution in [2.45, 2.75) is 25.9 Å². The minimum Gasteiger partial charge on any atom is -0.478 e. The van der Waals surface area contributed by atoms with Crippen molar-refractivity contribution in [1.29, 1.82) is 0 Å². The molecule has 0 fully saturated rings. The third kappa shape index (κ3) is 4.08. The molecule has 1 atom stereocenters. The van der Waals surface area contributed by atoms with Crippen molar-refractivity contribution in [2.24, 2.45) is 0 Å². The van der Waals surface area contributed by atoms with Gasteiger partial charge >= 0.3 is 5.97 Å². The lowest BCUT2D eigenvalue weighted by Crippen LogP contribution is -2.32. The van der Waals surface area contributed by atoms with Crippen molar-refractivity contribution in [3.05, 3.63) is 23.8 Å². The maximum Gasteiger partial charge on any atom is 0.339 e. The van der Waals surface area contributed by atoms with Crippen molar-refractivity contribution in [3.63, 3.8) is 0 Å². The van der Waals surface area contributed by atoms with Gasteiger partial charge in [-0.3, -0.25) is 0 Å². The predicted octanol–water partition coefficient (Wildman–Crippen LogP) is 0.689. The van der Waals surface area contributed by atoms with Crippen LogP contribution in [0.25, 0.3) is 0 Å². The molecule has 0 aliphatic rings. The van der Waals surface area contributed by atoms with E-state index in [1.54, 1.807) is 7.11 Å². The summed E-state index contributed by atoms with van der Waals surface area (Å²) in [7, 11) is 1.64. The van der Waals surface area contributed by atoms with Gasteiger partial charge < -0.3 is 15.2 Å². The Morgan fingerprint density at radius 3 is 3.00 bits per heavy atom. The van der Waals surface area contributed by atoms with Gasteiger partial charge in [0.1, 0.15) is 11.9 Å². The summed E-state index contributed by atoms with van der Waals surface area (Å²) in [6.45, 7) is 3.02. The first kappa shape index (κ1) is 13.5. The molecule has 0 bridgehead atoms. The average molecular weight is 239 g/mol. The number of aromatic carboxylic acids is 1. The molecule has 0 saturated carbocycles. The van der Waals surface area contributed by atoms with E-state index in [2.05, 4.69) is 15.3 Å². The quantitative estimate of drug-likeness (QED) is 0.728. The highest BCUT2D eigenvalue weighted by atomic mass is 16.5. The van der Waals surface area contributed by atoms with Gasteiger partial charge in [0.15, 0.2) is 0 Å². The number of rotatable bonds is 7. The van der Waals surface area contributed by atoms with Gasteiger partial charge in [0.2, 0.25) is 0 Å². The number of nitrogens with one attached hydrogen (secondary N) is 1. The van der Waals surface area contributed by atoms with E-state index in [0.29, 0.717) is 18.8 Å². The molecule has 17 heavy (non-hydrogen) atoms. The Balaban J connectivity index is 2.65. The van der Waals surface area contributed by atoms with Crippen LogP contribution in [0.1, 0.15) is 29.4 Å². The minimum absolute atomic E-state index is 0.132. The number of aromatic nitrogens is 2. The maximum absolute atomic E-state index is 10.9. The molecule has 2 N–H and O–H groups in total. The third-order valence-electron chi connectivity index (χ3n) is 2.44. The first-order valence-corrected chi connectivity index (χ1v) is 5.43. The number of hydrogen-bond donors (Lipinski definition) is 2. The summed E-state index contributed by atoms with van der Waals surface area (Å²) in [5.74, 6) is -1.01. The van der Waals surface area contributed by atoms with E-state index in [1.807, 2.05) is 6.92 Å². The monoisotopic (exact) mass is 239 g/mol. The van der Waals surface area contributed by atoms with Crippen molar-refractivity contribution < 1.29 is 14.6 Å². The zero-order valence-electron chi connectivity index (χ0n) is 10.0. The van der Waals surface area contributed by atoms with E-state index in [4.69, 9.17) is 9.84 Å². The number of nitrogens with zero attached hydrogens (tertiary/aromatic N) is 2. The lowest BCUT2D eigenvalue weighted by atomic mass is 10.2. The standard InChI is InChI=1S/C11H17N3O3/c1-3-8(6-17-2)13-5-10-9(11(15)16)4-12-7-14-10/h4,7-8,13H,3,5-6H2,1-2H3,(H,15,16). The van der Waals surface area contributed by atoms with E-state index < -0.39 is 5.97 Å². The van der Waals surface area contributed by atoms with Crippen LogP contribution < -0.4 is 5.32 Å². The average Bonchev–Trinajstić information content (AvgIpc) is 2.34. The van der Waals surface area contributed by atoms with Gasteiger partial charge in [-0.15, -0.1) is 0 Å². The van der Waals surface area contributed by atoms with Gasteiger partial charge in [-0.2, -0.15) is 0 Å². The molecule has 0 saturated heterocycles. The molecule has 1 aromatic rings. The fourth-order valence-corrected chi connectivity index (χ4v) is 1.44. The number of carbonyl (C=O) groups is 1. The topological polar surface area (TPSA) is 84.3 Å². The molecule has 0 spiro atoms. The SMILES string of the molecule is CCC(COC)NCc1ncncc1C(=O)O. The summed E-state index contributed by atoms with van der Waals surface area (Å²) in [4.78, 5) is 18.6. The largest absolute Gasteiger partial charge is 0.478 e. The highest BCUT2D eigenvalue weighted by Gasteiger charge is 2.12. The first-order valence-electron chi connectivity index (χ1n) is 5.43. The van der Waals surface area contributed by atoms with Gasteiger partial charge in [0.05, 0.1) is 12.3 Å². The van der Waals surface area contributed by atoms with Crippen LogP contribution in [-0.4, -0.2) is 40.8 Å². The molecule has 6 nitrogen and oxygen atoms in total. The van der Waals surface area contributed by atoms with E-state index >= 15 is 0 Å². The van der Waals surface area contributed by atoms with Crippen LogP contribution in [0.4, 0.5) is 0 Å². The summed E-state index contributed by atoms with van der Waals surface area (Å²) >= 11 is 0. The van der Waals surface area contributed by atoms with Crippen molar-refractivity contribution in [2.75, 3.05) is 13.7 Å². The molecular formula is C11H17N3O3. The Bertz CT molecular complexity index is 371. The van der Waals surface area contributed by atoms with E-state index in [1.165, 1.54) is 12.5 Å². The van der Waals surface area contributed by atoms with Crippen LogP contribution in [0.15, 0.2) is 12.5 Å². The van der Waals surface area contributed by atoms with Gasteiger partial charge in [-0.1, -0.05) is 6.92 Å². The highest BCUT2D eigenvalue weighted by molar-refractivity contribution is 5.88. The van der Waals surface area contributed by atoms with Gasteiger partial charge in [0, 0.05) is 25.9 Å². The normalized spacial score (nSPS) is 12.4. The van der Waals surface area contributed by atoms with Crippen LogP contribution in [0, 0.1) is 0 Å². The molecule has 1 unspecified atom stereocenters. The zero-order valence-corrected chi connectivity index (χ0v) is 10.0. The molecule has 0 aliphatic heterocycles. The molecule has 0 aromatic carbocycles. The fourth-order valence-electron chi connectivity index (χ4n) is 1.44. The Labute approximate surface area is 100 Å². The molecule has 1 aromatic heterocycles. The number of carboxylic acids is 1. The predicted molar refractivity (Wildman–Crippen MR) is 61.8 cm³/mol. The van der Waals surface area contributed by atoms with Crippen LogP contribution >= 0.6 is 0 Å². The number of ether oxygens (including phenoxy) is 1. The molecule has 0 aliphatic carbocycles. The third-order valence-corrected chi connectivity index (χ3v) is 2.44. The van der Waals surface area contributed by atoms with Crippen molar-refractivity contribution >= 4 is 5.97 Å². The van der Waals surface area contributed by atoms with Crippen LogP contribution in [0.2, 0.25) is 0 Å². The second-order valence-corrected chi connectivity index (χ2v) is 3.63. The molecule has 0 amide bonds. The van der Waals surface area contributed by atoms with Gasteiger partial charge in [-0.05, 0) is 6.42 Å². The zero-order chi connectivity index (χ0) is 12.7. The molecule has 6 heteroatoms. The Morgan fingerprint density at radius 2 is 2.41 bits per heavy atom. The molecule has 0 radical (unpaired) electrons. The second kappa shape index (κ2) is 6.93. The Morgan fingerprint density at radius 1 is 1.65 bits per heavy atom. The second-order valence-electron chi connectivity index (χ2n) is 3.63. The Kier molecular flexibility index (Phi) is 5.51. The van der Waals surface area contributed by atoms with Crippen LogP contribution in [0.3, 0.4) is 0 Å². The molecule has 1 heterocycles. The summed E-state index contributed by atoms with van der Waals surface area (Å²) in [5.41, 5.74) is 0.620. The van der Waals surface area contributed by atoms with Crippen molar-refractivity contribution in [3.8, 4) is 0 Å². The number of carboxylic acid groups (broad SMARTS) is 1. The molecule has 1 rings (SSSR count).